The third-order valence-electron chi connectivity index (χ3n) is 2.03. The van der Waals surface area contributed by atoms with Gasteiger partial charge in [-0.15, -0.1) is 0 Å². The number of pyridine rings is 1. The van der Waals surface area contributed by atoms with Crippen molar-refractivity contribution in [3.8, 4) is 5.75 Å². The van der Waals surface area contributed by atoms with E-state index in [9.17, 15) is 26.8 Å². The molecule has 1 heterocycles. The number of hydrogen-bond acceptors (Lipinski definition) is 4. The van der Waals surface area contributed by atoms with E-state index < -0.39 is 28.4 Å². The van der Waals surface area contributed by atoms with Crippen LogP contribution in [0.15, 0.2) is 23.4 Å². The van der Waals surface area contributed by atoms with Crippen molar-refractivity contribution >= 4 is 9.84 Å². The summed E-state index contributed by atoms with van der Waals surface area (Å²) in [6, 6.07) is 0.908. The quantitative estimate of drug-likeness (QED) is 0.609. The zero-order chi connectivity index (χ0) is 14.7. The van der Waals surface area contributed by atoms with Crippen LogP contribution < -0.4 is 9.47 Å². The van der Waals surface area contributed by atoms with Crippen molar-refractivity contribution in [1.82, 2.24) is 0 Å². The van der Waals surface area contributed by atoms with Gasteiger partial charge in [0, 0.05) is 6.07 Å². The first-order valence-electron chi connectivity index (χ1n) is 5.30. The molecule has 0 atom stereocenters. The lowest BCUT2D eigenvalue weighted by Gasteiger charge is -2.10. The molecule has 0 radical (unpaired) electrons. The zero-order valence-electron chi connectivity index (χ0n) is 9.98. The van der Waals surface area contributed by atoms with Gasteiger partial charge in [-0.05, 0) is 6.42 Å². The number of ether oxygens (including phenoxy) is 1. The van der Waals surface area contributed by atoms with Gasteiger partial charge in [-0.1, -0.05) is 6.92 Å². The summed E-state index contributed by atoms with van der Waals surface area (Å²) in [6.45, 7) is 0.0388. The van der Waals surface area contributed by atoms with Gasteiger partial charge < -0.3 is 9.94 Å². The molecule has 0 saturated carbocycles. The van der Waals surface area contributed by atoms with Crippen molar-refractivity contribution < 1.29 is 31.1 Å². The lowest BCUT2D eigenvalue weighted by molar-refractivity contribution is -0.608. The first-order chi connectivity index (χ1) is 8.64. The molecule has 1 aromatic heterocycles. The Labute approximate surface area is 108 Å². The standard InChI is InChI=1S/C10H12F3NO4S/c1-2-3-19(16,17)9-4-8(5-14(15)6-9)18-7-10(11,12)13/h4-6H,2-3,7H2,1H3. The number of rotatable bonds is 5. The van der Waals surface area contributed by atoms with Gasteiger partial charge in [0.2, 0.25) is 6.20 Å². The fraction of sp³-hybridized carbons (Fsp3) is 0.500. The molecule has 0 N–H and O–H groups in total. The molecule has 0 unspecified atom stereocenters. The summed E-state index contributed by atoms with van der Waals surface area (Å²) in [4.78, 5) is -0.357. The average Bonchev–Trinajstić information content (AvgIpc) is 2.24. The lowest BCUT2D eigenvalue weighted by Crippen LogP contribution is -2.28. The molecule has 0 aliphatic rings. The molecule has 0 amide bonds. The van der Waals surface area contributed by atoms with E-state index >= 15 is 0 Å². The van der Waals surface area contributed by atoms with Crippen LogP contribution in [0.1, 0.15) is 13.3 Å². The first kappa shape index (κ1) is 15.5. The molecule has 0 aliphatic heterocycles. The third-order valence-corrected chi connectivity index (χ3v) is 3.92. The molecule has 0 fully saturated rings. The zero-order valence-corrected chi connectivity index (χ0v) is 10.8. The molecule has 0 bridgehead atoms. The van der Waals surface area contributed by atoms with Crippen LogP contribution in [0.3, 0.4) is 0 Å². The number of sulfone groups is 1. The summed E-state index contributed by atoms with van der Waals surface area (Å²) < 4.78 is 63.8. The molecule has 19 heavy (non-hydrogen) atoms. The summed E-state index contributed by atoms with van der Waals surface area (Å²) in [7, 11) is -3.69. The van der Waals surface area contributed by atoms with Gasteiger partial charge in [0.1, 0.15) is 4.90 Å². The van der Waals surface area contributed by atoms with E-state index in [0.717, 1.165) is 18.5 Å². The maximum Gasteiger partial charge on any atom is 0.422 e. The van der Waals surface area contributed by atoms with Crippen molar-refractivity contribution in [3.05, 3.63) is 23.7 Å². The Morgan fingerprint density at radius 2 is 2.00 bits per heavy atom. The minimum atomic E-state index is -4.56. The number of hydrogen-bond donors (Lipinski definition) is 0. The highest BCUT2D eigenvalue weighted by molar-refractivity contribution is 7.91. The summed E-state index contributed by atoms with van der Waals surface area (Å²) in [5.41, 5.74) is 0. The predicted octanol–water partition coefficient (Wildman–Crippen LogP) is 1.44. The third kappa shape index (κ3) is 4.93. The van der Waals surface area contributed by atoms with E-state index in [0.29, 0.717) is 6.42 Å². The van der Waals surface area contributed by atoms with Crippen molar-refractivity contribution in [2.45, 2.75) is 24.4 Å². The molecule has 0 spiro atoms. The van der Waals surface area contributed by atoms with E-state index in [2.05, 4.69) is 4.74 Å². The van der Waals surface area contributed by atoms with E-state index in [4.69, 9.17) is 0 Å². The second-order valence-corrected chi connectivity index (χ2v) is 5.90. The minimum absolute atomic E-state index is 0.105. The molecule has 0 aromatic carbocycles. The Morgan fingerprint density at radius 1 is 1.37 bits per heavy atom. The molecule has 5 nitrogen and oxygen atoms in total. The highest BCUT2D eigenvalue weighted by atomic mass is 32.2. The summed E-state index contributed by atoms with van der Waals surface area (Å²) in [5.74, 6) is -0.639. The van der Waals surface area contributed by atoms with Crippen molar-refractivity contribution in [3.63, 3.8) is 0 Å². The molecule has 0 aliphatic carbocycles. The Kier molecular flexibility index (Phi) is 4.61. The van der Waals surface area contributed by atoms with E-state index in [-0.39, 0.29) is 15.4 Å². The van der Waals surface area contributed by atoms with Gasteiger partial charge in [0.15, 0.2) is 28.4 Å². The maximum atomic E-state index is 12.0. The molecular formula is C10H12F3NO4S. The van der Waals surface area contributed by atoms with Crippen LogP contribution in [-0.4, -0.2) is 27.0 Å². The van der Waals surface area contributed by atoms with Gasteiger partial charge in [-0.25, -0.2) is 8.42 Å². The highest BCUT2D eigenvalue weighted by Gasteiger charge is 2.29. The van der Waals surface area contributed by atoms with Gasteiger partial charge in [-0.3, -0.25) is 0 Å². The second-order valence-electron chi connectivity index (χ2n) is 3.79. The van der Waals surface area contributed by atoms with Crippen LogP contribution in [0.5, 0.6) is 5.75 Å². The van der Waals surface area contributed by atoms with Crippen LogP contribution in [0, 0.1) is 5.21 Å². The summed E-state index contributed by atoms with van der Waals surface area (Å²) in [5, 5.41) is 11.2. The molecule has 1 aromatic rings. The number of halogens is 3. The molecule has 0 saturated heterocycles. The van der Waals surface area contributed by atoms with Crippen LogP contribution >= 0.6 is 0 Å². The van der Waals surface area contributed by atoms with Crippen molar-refractivity contribution in [1.29, 1.82) is 0 Å². The number of aromatic nitrogens is 1. The fourth-order valence-electron chi connectivity index (χ4n) is 1.30. The normalized spacial score (nSPS) is 12.4. The first-order valence-corrected chi connectivity index (χ1v) is 6.95. The summed E-state index contributed by atoms with van der Waals surface area (Å²) >= 11 is 0. The Hall–Kier alpha value is -1.51. The lowest BCUT2D eigenvalue weighted by atomic mass is 10.4. The molecular weight excluding hydrogens is 287 g/mol. The minimum Gasteiger partial charge on any atom is -0.619 e. The number of alkyl halides is 3. The van der Waals surface area contributed by atoms with E-state index in [1.54, 1.807) is 6.92 Å². The van der Waals surface area contributed by atoms with Crippen LogP contribution in [0.4, 0.5) is 13.2 Å². The van der Waals surface area contributed by atoms with Crippen LogP contribution in [-0.2, 0) is 9.84 Å². The monoisotopic (exact) mass is 299 g/mol. The smallest absolute Gasteiger partial charge is 0.422 e. The van der Waals surface area contributed by atoms with E-state index in [1.807, 2.05) is 0 Å². The largest absolute Gasteiger partial charge is 0.619 e. The molecule has 108 valence electrons. The van der Waals surface area contributed by atoms with E-state index in [1.165, 1.54) is 0 Å². The second kappa shape index (κ2) is 5.64. The van der Waals surface area contributed by atoms with Crippen molar-refractivity contribution in [2.24, 2.45) is 0 Å². The van der Waals surface area contributed by atoms with Gasteiger partial charge in [0.05, 0.1) is 5.75 Å². The summed E-state index contributed by atoms with van der Waals surface area (Å²) in [6.07, 6.45) is -2.72. The van der Waals surface area contributed by atoms with Crippen LogP contribution in [0.2, 0.25) is 0 Å². The Balaban J connectivity index is 3.01. The van der Waals surface area contributed by atoms with Gasteiger partial charge >= 0.3 is 6.18 Å². The SMILES string of the molecule is CCCS(=O)(=O)c1cc(OCC(F)(F)F)c[n+]([O-])c1. The van der Waals surface area contributed by atoms with Crippen molar-refractivity contribution in [2.75, 3.05) is 12.4 Å². The number of nitrogens with zero attached hydrogens (tertiary/aromatic N) is 1. The fourth-order valence-corrected chi connectivity index (χ4v) is 2.64. The average molecular weight is 299 g/mol. The Morgan fingerprint density at radius 3 is 2.53 bits per heavy atom. The van der Waals surface area contributed by atoms with Gasteiger partial charge in [-0.2, -0.15) is 17.9 Å². The highest BCUT2D eigenvalue weighted by Crippen LogP contribution is 2.20. The molecule has 9 heteroatoms. The Bertz CT molecular complexity index is 542. The van der Waals surface area contributed by atoms with Gasteiger partial charge in [0.25, 0.3) is 0 Å². The molecule has 1 rings (SSSR count). The van der Waals surface area contributed by atoms with Crippen LogP contribution in [0.25, 0.3) is 0 Å². The maximum absolute atomic E-state index is 12.0. The topological polar surface area (TPSA) is 70.3 Å². The predicted molar refractivity (Wildman–Crippen MR) is 59.3 cm³/mol.